The zero-order valence-corrected chi connectivity index (χ0v) is 19.3. The van der Waals surface area contributed by atoms with Gasteiger partial charge in [0.05, 0.1) is 5.69 Å². The highest BCUT2D eigenvalue weighted by atomic mass is 79.9. The minimum atomic E-state index is -0.124. The number of halogens is 1. The summed E-state index contributed by atoms with van der Waals surface area (Å²) in [5.41, 5.74) is 5.26. The number of carbonyl (C=O) groups is 2. The number of hydrogen-bond donors (Lipinski definition) is 1. The van der Waals surface area contributed by atoms with Gasteiger partial charge in [-0.2, -0.15) is 5.10 Å². The molecule has 1 aliphatic rings. The summed E-state index contributed by atoms with van der Waals surface area (Å²) >= 11 is 3.53. The minimum absolute atomic E-state index is 0.0812. The van der Waals surface area contributed by atoms with E-state index in [4.69, 9.17) is 5.10 Å². The minimum Gasteiger partial charge on any atom is -0.355 e. The summed E-state index contributed by atoms with van der Waals surface area (Å²) in [5.74, 6) is -0.206. The molecule has 1 aliphatic carbocycles. The van der Waals surface area contributed by atoms with E-state index in [1.807, 2.05) is 41.1 Å². The van der Waals surface area contributed by atoms with Crippen molar-refractivity contribution in [3.05, 3.63) is 81.1 Å². The molecule has 0 fully saturated rings. The summed E-state index contributed by atoms with van der Waals surface area (Å²) in [6, 6.07) is 15.3. The molecule has 6 nitrogen and oxygen atoms in total. The van der Waals surface area contributed by atoms with Gasteiger partial charge in [-0.15, -0.1) is 0 Å². The number of nitrogens with one attached hydrogen (secondary N) is 1. The lowest BCUT2D eigenvalue weighted by Crippen LogP contribution is -2.27. The van der Waals surface area contributed by atoms with E-state index in [-0.39, 0.29) is 11.8 Å². The van der Waals surface area contributed by atoms with Gasteiger partial charge in [-0.25, -0.2) is 4.68 Å². The molecular weight excluding hydrogens is 456 g/mol. The van der Waals surface area contributed by atoms with Crippen molar-refractivity contribution in [3.8, 4) is 5.69 Å². The van der Waals surface area contributed by atoms with Gasteiger partial charge in [0, 0.05) is 41.9 Å². The second-order valence-corrected chi connectivity index (χ2v) is 8.73. The Hall–Kier alpha value is -2.93. The Kier molecular flexibility index (Phi) is 6.23. The quantitative estimate of drug-likeness (QED) is 0.596. The molecule has 1 aromatic heterocycles. The van der Waals surface area contributed by atoms with Gasteiger partial charge in [0.1, 0.15) is 0 Å². The molecule has 2 aromatic carbocycles. The first kappa shape index (κ1) is 21.3. The molecule has 0 unspecified atom stereocenters. The molecule has 1 N–H and O–H groups in total. The Balaban J connectivity index is 1.60. The summed E-state index contributed by atoms with van der Waals surface area (Å²) in [4.78, 5) is 26.8. The van der Waals surface area contributed by atoms with Gasteiger partial charge in [0.15, 0.2) is 5.69 Å². The van der Waals surface area contributed by atoms with Crippen LogP contribution in [0, 0.1) is 0 Å². The van der Waals surface area contributed by atoms with E-state index < -0.39 is 0 Å². The van der Waals surface area contributed by atoms with Crippen molar-refractivity contribution in [1.82, 2.24) is 20.0 Å². The van der Waals surface area contributed by atoms with Crippen LogP contribution in [0.1, 0.15) is 50.5 Å². The van der Waals surface area contributed by atoms with Gasteiger partial charge in [-0.05, 0) is 61.6 Å². The van der Waals surface area contributed by atoms with E-state index in [0.717, 1.165) is 52.7 Å². The van der Waals surface area contributed by atoms with Crippen LogP contribution >= 0.6 is 15.9 Å². The predicted octanol–water partition coefficient (Wildman–Crippen LogP) is 4.15. The number of rotatable bonds is 5. The zero-order valence-electron chi connectivity index (χ0n) is 17.7. The van der Waals surface area contributed by atoms with Gasteiger partial charge in [-0.3, -0.25) is 9.59 Å². The molecule has 4 rings (SSSR count). The van der Waals surface area contributed by atoms with Crippen molar-refractivity contribution in [2.24, 2.45) is 0 Å². The van der Waals surface area contributed by atoms with Gasteiger partial charge in [0.2, 0.25) is 0 Å². The summed E-state index contributed by atoms with van der Waals surface area (Å²) in [6.07, 6.45) is 3.97. The van der Waals surface area contributed by atoms with E-state index in [1.54, 1.807) is 31.1 Å². The lowest BCUT2D eigenvalue weighted by Gasteiger charge is -2.18. The van der Waals surface area contributed by atoms with Crippen molar-refractivity contribution < 1.29 is 9.59 Å². The molecule has 7 heteroatoms. The Labute approximate surface area is 190 Å². The van der Waals surface area contributed by atoms with Crippen LogP contribution in [0.4, 0.5) is 0 Å². The Bertz CT molecular complexity index is 1120. The Morgan fingerprint density at radius 2 is 1.87 bits per heavy atom. The standard InChI is InChI=1S/C24H25BrN4O2/c1-26-23(30)17-12-10-16(11-13-17)15-28(2)24(31)22-20-8-3-4-9-21(20)29(27-22)19-7-5-6-18(25)14-19/h5-7,10-14H,3-4,8-9,15H2,1-2H3,(H,26,30). The number of benzene rings is 2. The highest BCUT2D eigenvalue weighted by Crippen LogP contribution is 2.28. The second kappa shape index (κ2) is 9.06. The molecule has 160 valence electrons. The largest absolute Gasteiger partial charge is 0.355 e. The molecular formula is C24H25BrN4O2. The summed E-state index contributed by atoms with van der Waals surface area (Å²) in [6.45, 7) is 0.450. The number of hydrogen-bond acceptors (Lipinski definition) is 3. The van der Waals surface area contributed by atoms with Crippen LogP contribution in [0.15, 0.2) is 53.0 Å². The van der Waals surface area contributed by atoms with E-state index in [9.17, 15) is 9.59 Å². The van der Waals surface area contributed by atoms with Crippen LogP contribution in [0.5, 0.6) is 0 Å². The van der Waals surface area contributed by atoms with Gasteiger partial charge < -0.3 is 10.2 Å². The smallest absolute Gasteiger partial charge is 0.274 e. The highest BCUT2D eigenvalue weighted by molar-refractivity contribution is 9.10. The molecule has 2 amide bonds. The maximum atomic E-state index is 13.3. The second-order valence-electron chi connectivity index (χ2n) is 7.81. The van der Waals surface area contributed by atoms with Gasteiger partial charge in [-0.1, -0.05) is 34.1 Å². The first-order valence-corrected chi connectivity index (χ1v) is 11.2. The summed E-state index contributed by atoms with van der Waals surface area (Å²) < 4.78 is 2.91. The average Bonchev–Trinajstić information content (AvgIpc) is 3.18. The van der Waals surface area contributed by atoms with Gasteiger partial charge in [0.25, 0.3) is 11.8 Å². The van der Waals surface area contributed by atoms with Crippen molar-refractivity contribution in [2.75, 3.05) is 14.1 Å². The summed E-state index contributed by atoms with van der Waals surface area (Å²) in [7, 11) is 3.40. The molecule has 31 heavy (non-hydrogen) atoms. The molecule has 0 atom stereocenters. The third-order valence-corrected chi connectivity index (χ3v) is 6.14. The fraction of sp³-hybridized carbons (Fsp3) is 0.292. The Morgan fingerprint density at radius 3 is 2.58 bits per heavy atom. The molecule has 1 heterocycles. The first-order chi connectivity index (χ1) is 15.0. The van der Waals surface area contributed by atoms with Gasteiger partial charge >= 0.3 is 0 Å². The van der Waals surface area contributed by atoms with E-state index >= 15 is 0 Å². The number of fused-ring (bicyclic) bond motifs is 1. The molecule has 0 aliphatic heterocycles. The SMILES string of the molecule is CNC(=O)c1ccc(CN(C)C(=O)c2nn(-c3cccc(Br)c3)c3c2CCCC3)cc1. The van der Waals surface area contributed by atoms with Crippen molar-refractivity contribution in [3.63, 3.8) is 0 Å². The van der Waals surface area contributed by atoms with Crippen LogP contribution in [-0.4, -0.2) is 40.6 Å². The number of nitrogens with zero attached hydrogens (tertiary/aromatic N) is 3. The third-order valence-electron chi connectivity index (χ3n) is 5.65. The van der Waals surface area contributed by atoms with Crippen LogP contribution in [0.3, 0.4) is 0 Å². The summed E-state index contributed by atoms with van der Waals surface area (Å²) in [5, 5.41) is 7.38. The molecule has 0 saturated heterocycles. The van der Waals surface area contributed by atoms with Crippen molar-refractivity contribution in [2.45, 2.75) is 32.2 Å². The van der Waals surface area contributed by atoms with Crippen LogP contribution in [-0.2, 0) is 19.4 Å². The maximum absolute atomic E-state index is 13.3. The molecule has 0 radical (unpaired) electrons. The van der Waals surface area contributed by atoms with Crippen LogP contribution in [0.2, 0.25) is 0 Å². The maximum Gasteiger partial charge on any atom is 0.274 e. The Morgan fingerprint density at radius 1 is 1.13 bits per heavy atom. The zero-order chi connectivity index (χ0) is 22.0. The number of carbonyl (C=O) groups excluding carboxylic acids is 2. The van der Waals surface area contributed by atoms with E-state index in [1.165, 1.54) is 0 Å². The fourth-order valence-electron chi connectivity index (χ4n) is 4.02. The lowest BCUT2D eigenvalue weighted by molar-refractivity contribution is 0.0777. The molecule has 3 aromatic rings. The van der Waals surface area contributed by atoms with Crippen LogP contribution < -0.4 is 5.32 Å². The molecule has 0 spiro atoms. The number of aromatic nitrogens is 2. The highest BCUT2D eigenvalue weighted by Gasteiger charge is 2.27. The predicted molar refractivity (Wildman–Crippen MR) is 124 cm³/mol. The topological polar surface area (TPSA) is 67.2 Å². The number of amides is 2. The van der Waals surface area contributed by atoms with E-state index in [2.05, 4.69) is 21.2 Å². The van der Waals surface area contributed by atoms with E-state index in [0.29, 0.717) is 17.8 Å². The lowest BCUT2D eigenvalue weighted by atomic mass is 9.95. The van der Waals surface area contributed by atoms with Crippen molar-refractivity contribution >= 4 is 27.7 Å². The molecule has 0 saturated carbocycles. The van der Waals surface area contributed by atoms with Crippen molar-refractivity contribution in [1.29, 1.82) is 0 Å². The normalized spacial score (nSPS) is 12.9. The molecule has 0 bridgehead atoms. The first-order valence-electron chi connectivity index (χ1n) is 10.4. The monoisotopic (exact) mass is 480 g/mol. The fourth-order valence-corrected chi connectivity index (χ4v) is 4.41. The average molecular weight is 481 g/mol. The third kappa shape index (κ3) is 4.42. The van der Waals surface area contributed by atoms with Crippen LogP contribution in [0.25, 0.3) is 5.69 Å².